The molecule has 0 saturated heterocycles. The molecule has 0 spiro atoms. The third-order valence-electron chi connectivity index (χ3n) is 2.65. The lowest BCUT2D eigenvalue weighted by Crippen LogP contribution is -2.00. The number of halogens is 2. The Morgan fingerprint density at radius 3 is 2.58 bits per heavy atom. The first-order valence-electron chi connectivity index (χ1n) is 5.67. The molecule has 0 aliphatic carbocycles. The van der Waals surface area contributed by atoms with Crippen molar-refractivity contribution in [3.63, 3.8) is 0 Å². The summed E-state index contributed by atoms with van der Waals surface area (Å²) < 4.78 is 32.3. The molecule has 0 unspecified atom stereocenters. The molecule has 96 valence electrons. The van der Waals surface area contributed by atoms with Gasteiger partial charge in [0.25, 0.3) is 0 Å². The van der Waals surface area contributed by atoms with Crippen LogP contribution in [0.5, 0.6) is 5.75 Å². The number of hydrogen-bond donors (Lipinski definition) is 0. The predicted octanol–water partition coefficient (Wildman–Crippen LogP) is 3.72. The second-order valence-corrected chi connectivity index (χ2v) is 4.14. The van der Waals surface area contributed by atoms with Crippen LogP contribution in [0.2, 0.25) is 0 Å². The van der Waals surface area contributed by atoms with Gasteiger partial charge in [-0.3, -0.25) is 0 Å². The summed E-state index contributed by atoms with van der Waals surface area (Å²) in [7, 11) is 0. The van der Waals surface area contributed by atoms with Crippen molar-refractivity contribution in [1.29, 1.82) is 5.26 Å². The number of nitriles is 1. The van der Waals surface area contributed by atoms with Gasteiger partial charge in [-0.15, -0.1) is 0 Å². The maximum absolute atomic E-state index is 13.6. The van der Waals surface area contributed by atoms with Gasteiger partial charge < -0.3 is 4.74 Å². The molecule has 2 rings (SSSR count). The molecule has 0 fully saturated rings. The molecule has 0 heterocycles. The van der Waals surface area contributed by atoms with Crippen molar-refractivity contribution in [2.24, 2.45) is 0 Å². The minimum absolute atomic E-state index is 0.0854. The fourth-order valence-electron chi connectivity index (χ4n) is 1.61. The fourth-order valence-corrected chi connectivity index (χ4v) is 1.61. The van der Waals surface area contributed by atoms with Crippen molar-refractivity contribution >= 4 is 0 Å². The maximum atomic E-state index is 13.6. The zero-order valence-electron chi connectivity index (χ0n) is 10.3. The van der Waals surface area contributed by atoms with Gasteiger partial charge in [0.1, 0.15) is 12.4 Å². The smallest absolute Gasteiger partial charge is 0.165 e. The van der Waals surface area contributed by atoms with Gasteiger partial charge in [-0.05, 0) is 36.8 Å². The van der Waals surface area contributed by atoms with Crippen LogP contribution in [0.3, 0.4) is 0 Å². The average Bonchev–Trinajstić information content (AvgIpc) is 2.40. The molecule has 0 saturated carbocycles. The van der Waals surface area contributed by atoms with Gasteiger partial charge in [-0.1, -0.05) is 12.1 Å². The number of rotatable bonds is 3. The molecule has 0 N–H and O–H groups in total. The molecule has 0 aliphatic heterocycles. The number of hydrogen-bond acceptors (Lipinski definition) is 2. The Bertz CT molecular complexity index is 647. The quantitative estimate of drug-likeness (QED) is 0.841. The van der Waals surface area contributed by atoms with E-state index in [9.17, 15) is 8.78 Å². The van der Waals surface area contributed by atoms with Gasteiger partial charge in [0.05, 0.1) is 11.6 Å². The van der Waals surface area contributed by atoms with E-state index in [0.717, 1.165) is 11.6 Å². The second-order valence-electron chi connectivity index (χ2n) is 4.14. The summed E-state index contributed by atoms with van der Waals surface area (Å²) in [4.78, 5) is 0. The summed E-state index contributed by atoms with van der Waals surface area (Å²) in [5, 5.41) is 8.63. The van der Waals surface area contributed by atoms with E-state index in [1.807, 2.05) is 13.0 Å². The standard InChI is InChI=1S/C15H11F2NO/c1-10-2-5-13(16)15(6-10)19-9-12-4-3-11(8-18)7-14(12)17/h2-7H,9H2,1H3. The SMILES string of the molecule is Cc1ccc(F)c(OCc2ccc(C#N)cc2F)c1. The number of nitrogens with zero attached hydrogens (tertiary/aromatic N) is 1. The first-order chi connectivity index (χ1) is 9.10. The fraction of sp³-hybridized carbons (Fsp3) is 0.133. The summed E-state index contributed by atoms with van der Waals surface area (Å²) in [6, 6.07) is 10.4. The second kappa shape index (κ2) is 5.49. The van der Waals surface area contributed by atoms with Gasteiger partial charge in [-0.25, -0.2) is 8.78 Å². The van der Waals surface area contributed by atoms with Crippen LogP contribution < -0.4 is 4.74 Å². The first kappa shape index (κ1) is 13.0. The molecule has 0 bridgehead atoms. The molecule has 19 heavy (non-hydrogen) atoms. The van der Waals surface area contributed by atoms with Crippen molar-refractivity contribution in [2.75, 3.05) is 0 Å². The van der Waals surface area contributed by atoms with E-state index in [0.29, 0.717) is 0 Å². The molecule has 0 aromatic heterocycles. The van der Waals surface area contributed by atoms with Crippen LogP contribution in [0.4, 0.5) is 8.78 Å². The minimum atomic E-state index is -0.535. The summed E-state index contributed by atoms with van der Waals surface area (Å²) in [5.41, 5.74) is 1.37. The normalized spacial score (nSPS) is 10.0. The van der Waals surface area contributed by atoms with Gasteiger partial charge in [0.15, 0.2) is 11.6 Å². The van der Waals surface area contributed by atoms with E-state index in [2.05, 4.69) is 0 Å². The van der Waals surface area contributed by atoms with Crippen LogP contribution in [0.25, 0.3) is 0 Å². The Kier molecular flexibility index (Phi) is 3.76. The van der Waals surface area contributed by atoms with Gasteiger partial charge >= 0.3 is 0 Å². The maximum Gasteiger partial charge on any atom is 0.165 e. The third-order valence-corrected chi connectivity index (χ3v) is 2.65. The van der Waals surface area contributed by atoms with Crippen molar-refractivity contribution < 1.29 is 13.5 Å². The lowest BCUT2D eigenvalue weighted by atomic mass is 10.1. The Balaban J connectivity index is 2.15. The molecule has 0 radical (unpaired) electrons. The van der Waals surface area contributed by atoms with Gasteiger partial charge in [-0.2, -0.15) is 5.26 Å². The van der Waals surface area contributed by atoms with E-state index < -0.39 is 11.6 Å². The predicted molar refractivity (Wildman–Crippen MR) is 66.6 cm³/mol. The van der Waals surface area contributed by atoms with E-state index in [1.54, 1.807) is 12.1 Å². The van der Waals surface area contributed by atoms with E-state index >= 15 is 0 Å². The molecule has 0 aliphatic rings. The lowest BCUT2D eigenvalue weighted by Gasteiger charge is -2.09. The molecular formula is C15H11F2NO. The Labute approximate surface area is 109 Å². The Hall–Kier alpha value is -2.41. The molecule has 2 aromatic rings. The number of ether oxygens (including phenoxy) is 1. The van der Waals surface area contributed by atoms with Crippen molar-refractivity contribution in [1.82, 2.24) is 0 Å². The minimum Gasteiger partial charge on any atom is -0.486 e. The molecule has 4 heteroatoms. The van der Waals surface area contributed by atoms with Crippen molar-refractivity contribution in [3.05, 3.63) is 64.7 Å². The highest BCUT2D eigenvalue weighted by molar-refractivity contribution is 5.33. The summed E-state index contributed by atoms with van der Waals surface area (Å²) >= 11 is 0. The van der Waals surface area contributed by atoms with Crippen LogP contribution in [0, 0.1) is 29.9 Å². The van der Waals surface area contributed by atoms with Gasteiger partial charge in [0.2, 0.25) is 0 Å². The van der Waals surface area contributed by atoms with E-state index in [4.69, 9.17) is 10.00 Å². The Morgan fingerprint density at radius 2 is 1.89 bits per heavy atom. The highest BCUT2D eigenvalue weighted by Gasteiger charge is 2.07. The van der Waals surface area contributed by atoms with Crippen molar-refractivity contribution in [3.8, 4) is 11.8 Å². The molecule has 0 amide bonds. The van der Waals surface area contributed by atoms with E-state index in [-0.39, 0.29) is 23.5 Å². The zero-order chi connectivity index (χ0) is 13.8. The largest absolute Gasteiger partial charge is 0.486 e. The first-order valence-corrected chi connectivity index (χ1v) is 5.67. The average molecular weight is 259 g/mol. The monoisotopic (exact) mass is 259 g/mol. The summed E-state index contributed by atoms with van der Waals surface area (Å²) in [6.07, 6.45) is 0. The van der Waals surface area contributed by atoms with Crippen LogP contribution in [-0.2, 0) is 6.61 Å². The van der Waals surface area contributed by atoms with Crippen LogP contribution in [0.1, 0.15) is 16.7 Å². The zero-order valence-corrected chi connectivity index (χ0v) is 10.3. The van der Waals surface area contributed by atoms with Gasteiger partial charge in [0, 0.05) is 5.56 Å². The molecule has 0 atom stereocenters. The highest BCUT2D eigenvalue weighted by atomic mass is 19.1. The lowest BCUT2D eigenvalue weighted by molar-refractivity contribution is 0.284. The number of benzene rings is 2. The topological polar surface area (TPSA) is 33.0 Å². The van der Waals surface area contributed by atoms with Crippen LogP contribution >= 0.6 is 0 Å². The third kappa shape index (κ3) is 3.08. The Morgan fingerprint density at radius 1 is 1.11 bits per heavy atom. The highest BCUT2D eigenvalue weighted by Crippen LogP contribution is 2.20. The molecular weight excluding hydrogens is 248 g/mol. The summed E-state index contributed by atoms with van der Waals surface area (Å²) in [6.45, 7) is 1.73. The molecule has 2 aromatic carbocycles. The van der Waals surface area contributed by atoms with E-state index in [1.165, 1.54) is 18.2 Å². The number of aryl methyl sites for hydroxylation is 1. The van der Waals surface area contributed by atoms with Crippen LogP contribution in [0.15, 0.2) is 36.4 Å². The summed E-state index contributed by atoms with van der Waals surface area (Å²) in [5.74, 6) is -0.935. The van der Waals surface area contributed by atoms with Crippen LogP contribution in [-0.4, -0.2) is 0 Å². The van der Waals surface area contributed by atoms with Crippen molar-refractivity contribution in [2.45, 2.75) is 13.5 Å². The molecule has 2 nitrogen and oxygen atoms in total.